The molecule has 0 aromatic heterocycles. The summed E-state index contributed by atoms with van der Waals surface area (Å²) in [5, 5.41) is 12.0. The Morgan fingerprint density at radius 1 is 1.17 bits per heavy atom. The minimum absolute atomic E-state index is 0.342. The maximum absolute atomic E-state index is 12.5. The van der Waals surface area contributed by atoms with Gasteiger partial charge in [0.25, 0.3) is 0 Å². The van der Waals surface area contributed by atoms with Gasteiger partial charge < -0.3 is 15.2 Å². The van der Waals surface area contributed by atoms with Crippen LogP contribution in [0.3, 0.4) is 0 Å². The van der Waals surface area contributed by atoms with Gasteiger partial charge in [-0.15, -0.1) is 0 Å². The van der Waals surface area contributed by atoms with E-state index < -0.39 is 23.8 Å². The maximum Gasteiger partial charge on any atom is 0.338 e. The number of rotatable bonds is 4. The quantitative estimate of drug-likeness (QED) is 0.657. The standard InChI is InChI=1S/C17H19NO5/c1-10-11(17(22)23-2)8-5-9-14(10)18-15(19)12-6-3-4-7-13(12)16(20)21/h3-5,8-9,12-13H,6-7H2,1-2H3,(H,18,19)(H,20,21)/t12-,13+/m0/s1. The van der Waals surface area contributed by atoms with Crippen molar-refractivity contribution in [3.05, 3.63) is 41.5 Å². The highest BCUT2D eigenvalue weighted by Gasteiger charge is 2.34. The van der Waals surface area contributed by atoms with Gasteiger partial charge in [0.1, 0.15) is 0 Å². The Bertz CT molecular complexity index is 665. The number of hydrogen-bond acceptors (Lipinski definition) is 4. The van der Waals surface area contributed by atoms with E-state index in [1.807, 2.05) is 6.08 Å². The molecule has 0 bridgehead atoms. The minimum atomic E-state index is -0.977. The summed E-state index contributed by atoms with van der Waals surface area (Å²) in [7, 11) is 1.29. The van der Waals surface area contributed by atoms with Crippen LogP contribution in [0.5, 0.6) is 0 Å². The van der Waals surface area contributed by atoms with Crippen molar-refractivity contribution in [2.24, 2.45) is 11.8 Å². The third kappa shape index (κ3) is 3.59. The fourth-order valence-electron chi connectivity index (χ4n) is 2.70. The van der Waals surface area contributed by atoms with Crippen LogP contribution in [-0.4, -0.2) is 30.1 Å². The molecule has 0 fully saturated rings. The first-order chi connectivity index (χ1) is 11.0. The largest absolute Gasteiger partial charge is 0.481 e. The second kappa shape index (κ2) is 7.09. The summed E-state index contributed by atoms with van der Waals surface area (Å²) in [6.45, 7) is 1.71. The molecule has 6 nitrogen and oxygen atoms in total. The molecule has 0 saturated heterocycles. The number of carbonyl (C=O) groups excluding carboxylic acids is 2. The molecule has 1 aromatic rings. The minimum Gasteiger partial charge on any atom is -0.481 e. The maximum atomic E-state index is 12.5. The number of carbonyl (C=O) groups is 3. The van der Waals surface area contributed by atoms with Crippen molar-refractivity contribution >= 4 is 23.5 Å². The number of carboxylic acid groups (broad SMARTS) is 1. The lowest BCUT2D eigenvalue weighted by Crippen LogP contribution is -2.35. The Hall–Kier alpha value is -2.63. The van der Waals surface area contributed by atoms with Gasteiger partial charge in [-0.05, 0) is 37.5 Å². The lowest BCUT2D eigenvalue weighted by Gasteiger charge is -2.24. The monoisotopic (exact) mass is 317 g/mol. The van der Waals surface area contributed by atoms with Crippen molar-refractivity contribution in [2.75, 3.05) is 12.4 Å². The van der Waals surface area contributed by atoms with E-state index >= 15 is 0 Å². The molecule has 0 radical (unpaired) electrons. The molecule has 0 aliphatic heterocycles. The Balaban J connectivity index is 2.22. The number of anilines is 1. The van der Waals surface area contributed by atoms with E-state index in [1.54, 1.807) is 31.2 Å². The number of nitrogens with one attached hydrogen (secondary N) is 1. The molecule has 6 heteroatoms. The van der Waals surface area contributed by atoms with Crippen LogP contribution in [0.15, 0.2) is 30.4 Å². The normalized spacial score (nSPS) is 19.9. The van der Waals surface area contributed by atoms with Crippen LogP contribution in [0.2, 0.25) is 0 Å². The lowest BCUT2D eigenvalue weighted by molar-refractivity contribution is -0.146. The first-order valence-corrected chi connectivity index (χ1v) is 7.32. The summed E-state index contributed by atoms with van der Waals surface area (Å²) >= 11 is 0. The Kier molecular flexibility index (Phi) is 5.16. The highest BCUT2D eigenvalue weighted by atomic mass is 16.5. The van der Waals surface area contributed by atoms with Gasteiger partial charge in [0.15, 0.2) is 0 Å². The molecule has 1 aliphatic rings. The van der Waals surface area contributed by atoms with Crippen LogP contribution >= 0.6 is 0 Å². The summed E-state index contributed by atoms with van der Waals surface area (Å²) in [4.78, 5) is 35.5. The molecule has 2 rings (SSSR count). The second-order valence-electron chi connectivity index (χ2n) is 5.45. The molecule has 0 heterocycles. The summed E-state index contributed by atoms with van der Waals surface area (Å²) in [5.41, 5.74) is 1.44. The Morgan fingerprint density at radius 3 is 2.43 bits per heavy atom. The van der Waals surface area contributed by atoms with Crippen LogP contribution in [0.25, 0.3) is 0 Å². The highest BCUT2D eigenvalue weighted by Crippen LogP contribution is 2.28. The number of ether oxygens (including phenoxy) is 1. The lowest BCUT2D eigenvalue weighted by atomic mass is 9.82. The first-order valence-electron chi connectivity index (χ1n) is 7.32. The summed E-state index contributed by atoms with van der Waals surface area (Å²) < 4.78 is 4.70. The number of carboxylic acids is 1. The SMILES string of the molecule is COC(=O)c1cccc(NC(=O)[C@H]2CC=CC[C@H]2C(=O)O)c1C. The summed E-state index contributed by atoms with van der Waals surface area (Å²) in [6, 6.07) is 4.93. The van der Waals surface area contributed by atoms with E-state index in [0.29, 0.717) is 29.7 Å². The van der Waals surface area contributed by atoms with Crippen molar-refractivity contribution in [1.29, 1.82) is 0 Å². The number of benzene rings is 1. The van der Waals surface area contributed by atoms with Crippen molar-refractivity contribution in [2.45, 2.75) is 19.8 Å². The number of methoxy groups -OCH3 is 1. The summed E-state index contributed by atoms with van der Waals surface area (Å²) in [6.07, 6.45) is 4.33. The molecule has 1 amide bonds. The van der Waals surface area contributed by atoms with Crippen molar-refractivity contribution in [3.63, 3.8) is 0 Å². The van der Waals surface area contributed by atoms with Gasteiger partial charge in [0.05, 0.1) is 24.5 Å². The molecule has 1 aliphatic carbocycles. The van der Waals surface area contributed by atoms with Crippen LogP contribution < -0.4 is 5.32 Å². The molecule has 1 aromatic carbocycles. The predicted octanol–water partition coefficient (Wildman–Crippen LogP) is 2.39. The van der Waals surface area contributed by atoms with E-state index in [0.717, 1.165) is 0 Å². The molecular weight excluding hydrogens is 298 g/mol. The fourth-order valence-corrected chi connectivity index (χ4v) is 2.70. The second-order valence-corrected chi connectivity index (χ2v) is 5.45. The number of allylic oxidation sites excluding steroid dienone is 2. The molecule has 2 atom stereocenters. The molecule has 2 N–H and O–H groups in total. The zero-order valence-electron chi connectivity index (χ0n) is 13.0. The van der Waals surface area contributed by atoms with E-state index in [2.05, 4.69) is 5.32 Å². The Morgan fingerprint density at radius 2 is 1.83 bits per heavy atom. The summed E-state index contributed by atoms with van der Waals surface area (Å²) in [5.74, 6) is -3.17. The molecular formula is C17H19NO5. The highest BCUT2D eigenvalue weighted by molar-refractivity contribution is 5.98. The third-order valence-electron chi connectivity index (χ3n) is 4.08. The van der Waals surface area contributed by atoms with Crippen molar-refractivity contribution in [3.8, 4) is 0 Å². The third-order valence-corrected chi connectivity index (χ3v) is 4.08. The smallest absolute Gasteiger partial charge is 0.338 e. The van der Waals surface area contributed by atoms with E-state index in [-0.39, 0.29) is 5.91 Å². The average Bonchev–Trinajstić information content (AvgIpc) is 2.56. The van der Waals surface area contributed by atoms with Crippen LogP contribution in [0.1, 0.15) is 28.8 Å². The van der Waals surface area contributed by atoms with E-state index in [4.69, 9.17) is 4.74 Å². The number of hydrogen-bond donors (Lipinski definition) is 2. The van der Waals surface area contributed by atoms with Gasteiger partial charge in [0.2, 0.25) is 5.91 Å². The molecule has 23 heavy (non-hydrogen) atoms. The van der Waals surface area contributed by atoms with E-state index in [9.17, 15) is 19.5 Å². The van der Waals surface area contributed by atoms with Gasteiger partial charge in [-0.3, -0.25) is 9.59 Å². The molecule has 122 valence electrons. The van der Waals surface area contributed by atoms with Crippen LogP contribution in [0.4, 0.5) is 5.69 Å². The number of amides is 1. The van der Waals surface area contributed by atoms with Crippen LogP contribution in [-0.2, 0) is 14.3 Å². The van der Waals surface area contributed by atoms with Gasteiger partial charge in [-0.2, -0.15) is 0 Å². The van der Waals surface area contributed by atoms with Crippen LogP contribution in [0, 0.1) is 18.8 Å². The van der Waals surface area contributed by atoms with Gasteiger partial charge in [0, 0.05) is 5.69 Å². The van der Waals surface area contributed by atoms with Gasteiger partial charge >= 0.3 is 11.9 Å². The topological polar surface area (TPSA) is 92.7 Å². The van der Waals surface area contributed by atoms with Gasteiger partial charge in [-0.25, -0.2) is 4.79 Å². The fraction of sp³-hybridized carbons (Fsp3) is 0.353. The first kappa shape index (κ1) is 16.7. The number of esters is 1. The Labute approximate surface area is 134 Å². The van der Waals surface area contributed by atoms with E-state index in [1.165, 1.54) is 7.11 Å². The zero-order chi connectivity index (χ0) is 17.0. The zero-order valence-corrected chi connectivity index (χ0v) is 13.0. The molecule has 0 saturated carbocycles. The molecule has 0 unspecified atom stereocenters. The van der Waals surface area contributed by atoms with Crippen molar-refractivity contribution in [1.82, 2.24) is 0 Å². The predicted molar refractivity (Wildman–Crippen MR) is 84.1 cm³/mol. The molecule has 0 spiro atoms. The van der Waals surface area contributed by atoms with Crippen molar-refractivity contribution < 1.29 is 24.2 Å². The van der Waals surface area contributed by atoms with Gasteiger partial charge in [-0.1, -0.05) is 18.2 Å². The number of aliphatic carboxylic acids is 1. The average molecular weight is 317 g/mol.